The molecule has 6 heteroatoms. The predicted molar refractivity (Wildman–Crippen MR) is 343 cm³/mol. The molecule has 0 aliphatic rings. The smallest absolute Gasteiger partial charge is 0.306 e. The lowest BCUT2D eigenvalue weighted by atomic mass is 10.1. The van der Waals surface area contributed by atoms with E-state index in [9.17, 15) is 14.4 Å². The summed E-state index contributed by atoms with van der Waals surface area (Å²) in [5.74, 6) is -0.953. The number of esters is 3. The SMILES string of the molecule is CC/C=C\C/C=C\C/C=C\C/C=C\C/C=C\C/C=C\CCCCC(=O)OC(COC(=O)CCCCCCC/C=C\CCCCCCCC)COC(=O)CCCCCCCCCCCC/C=C\C/C=C\C/C=C\CCCCCCC. The quantitative estimate of drug-likeness (QED) is 0.0261. The van der Waals surface area contributed by atoms with Crippen molar-refractivity contribution in [3.8, 4) is 0 Å². The van der Waals surface area contributed by atoms with Crippen LogP contribution in [0.25, 0.3) is 0 Å². The van der Waals surface area contributed by atoms with Crippen LogP contribution in [-0.2, 0) is 28.6 Å². The van der Waals surface area contributed by atoms with Crippen LogP contribution in [0.15, 0.2) is 122 Å². The van der Waals surface area contributed by atoms with Gasteiger partial charge in [0.05, 0.1) is 0 Å². The van der Waals surface area contributed by atoms with E-state index in [-0.39, 0.29) is 37.5 Å². The Morgan fingerprint density at radius 2 is 0.494 bits per heavy atom. The zero-order valence-electron chi connectivity index (χ0n) is 51.6. The van der Waals surface area contributed by atoms with Crippen molar-refractivity contribution in [1.82, 2.24) is 0 Å². The van der Waals surface area contributed by atoms with Crippen molar-refractivity contribution in [3.05, 3.63) is 122 Å². The summed E-state index contributed by atoms with van der Waals surface area (Å²) in [4.78, 5) is 38.4. The van der Waals surface area contributed by atoms with Gasteiger partial charge in [0.25, 0.3) is 0 Å². The van der Waals surface area contributed by atoms with Gasteiger partial charge in [-0.15, -0.1) is 0 Å². The van der Waals surface area contributed by atoms with Gasteiger partial charge in [0.2, 0.25) is 0 Å². The molecule has 0 radical (unpaired) electrons. The molecule has 0 saturated heterocycles. The first-order valence-electron chi connectivity index (χ1n) is 33.0. The maximum Gasteiger partial charge on any atom is 0.306 e. The van der Waals surface area contributed by atoms with Crippen molar-refractivity contribution >= 4 is 17.9 Å². The second kappa shape index (κ2) is 66.3. The molecule has 0 heterocycles. The molecule has 1 atom stereocenters. The van der Waals surface area contributed by atoms with Crippen molar-refractivity contribution in [2.75, 3.05) is 13.2 Å². The molecule has 0 aromatic carbocycles. The lowest BCUT2D eigenvalue weighted by Gasteiger charge is -2.18. The van der Waals surface area contributed by atoms with E-state index < -0.39 is 6.10 Å². The van der Waals surface area contributed by atoms with Crippen LogP contribution in [0.1, 0.15) is 303 Å². The average molecular weight is 1100 g/mol. The van der Waals surface area contributed by atoms with Gasteiger partial charge < -0.3 is 14.2 Å². The fourth-order valence-electron chi connectivity index (χ4n) is 8.98. The molecule has 0 spiro atoms. The predicted octanol–water partition coefficient (Wildman–Crippen LogP) is 22.8. The Labute approximate surface area is 488 Å². The Morgan fingerprint density at radius 3 is 0.810 bits per heavy atom. The summed E-state index contributed by atoms with van der Waals surface area (Å²) in [7, 11) is 0. The van der Waals surface area contributed by atoms with Crippen LogP contribution in [-0.4, -0.2) is 37.2 Å². The van der Waals surface area contributed by atoms with Crippen molar-refractivity contribution in [3.63, 3.8) is 0 Å². The lowest BCUT2D eigenvalue weighted by molar-refractivity contribution is -0.167. The van der Waals surface area contributed by atoms with Crippen molar-refractivity contribution < 1.29 is 28.6 Å². The van der Waals surface area contributed by atoms with E-state index in [2.05, 4.69) is 142 Å². The summed E-state index contributed by atoms with van der Waals surface area (Å²) < 4.78 is 16.9. The molecule has 0 saturated carbocycles. The van der Waals surface area contributed by atoms with E-state index in [1.54, 1.807) is 0 Å². The van der Waals surface area contributed by atoms with E-state index in [0.29, 0.717) is 19.3 Å². The molecular formula is C73H122O6. The molecule has 0 aliphatic heterocycles. The number of rotatable bonds is 59. The normalized spacial score (nSPS) is 12.9. The molecule has 0 aromatic rings. The monoisotopic (exact) mass is 1090 g/mol. The topological polar surface area (TPSA) is 78.9 Å². The molecule has 0 rings (SSSR count). The average Bonchev–Trinajstić information content (AvgIpc) is 3.45. The number of hydrogen-bond acceptors (Lipinski definition) is 6. The number of ether oxygens (including phenoxy) is 3. The first-order chi connectivity index (χ1) is 39.0. The molecule has 0 fully saturated rings. The third kappa shape index (κ3) is 64.5. The minimum atomic E-state index is -0.811. The Morgan fingerprint density at radius 1 is 0.266 bits per heavy atom. The zero-order valence-corrected chi connectivity index (χ0v) is 51.6. The summed E-state index contributed by atoms with van der Waals surface area (Å²) >= 11 is 0. The van der Waals surface area contributed by atoms with Crippen molar-refractivity contribution in [2.45, 2.75) is 309 Å². The van der Waals surface area contributed by atoms with Gasteiger partial charge in [0.15, 0.2) is 6.10 Å². The molecule has 6 nitrogen and oxygen atoms in total. The van der Waals surface area contributed by atoms with Gasteiger partial charge in [-0.05, 0) is 135 Å². The Bertz CT molecular complexity index is 1640. The molecule has 0 N–H and O–H groups in total. The van der Waals surface area contributed by atoms with E-state index in [4.69, 9.17) is 14.2 Å². The molecular weight excluding hydrogens is 973 g/mol. The first kappa shape index (κ1) is 74.8. The summed E-state index contributed by atoms with van der Waals surface area (Å²) in [6.45, 7) is 6.48. The molecule has 0 amide bonds. The number of carbonyl (C=O) groups is 3. The van der Waals surface area contributed by atoms with E-state index in [1.807, 2.05) is 0 Å². The van der Waals surface area contributed by atoms with Gasteiger partial charge in [0.1, 0.15) is 13.2 Å². The Kier molecular flexibility index (Phi) is 62.8. The number of carbonyl (C=O) groups excluding carboxylic acids is 3. The summed E-state index contributed by atoms with van der Waals surface area (Å²) in [5, 5.41) is 0. The van der Waals surface area contributed by atoms with Crippen LogP contribution < -0.4 is 0 Å². The zero-order chi connectivity index (χ0) is 57.1. The van der Waals surface area contributed by atoms with Gasteiger partial charge in [-0.25, -0.2) is 0 Å². The van der Waals surface area contributed by atoms with Gasteiger partial charge >= 0.3 is 17.9 Å². The fraction of sp³-hybridized carbons (Fsp3) is 0.685. The van der Waals surface area contributed by atoms with Gasteiger partial charge in [-0.2, -0.15) is 0 Å². The molecule has 1 unspecified atom stereocenters. The van der Waals surface area contributed by atoms with Crippen LogP contribution in [0.4, 0.5) is 0 Å². The number of allylic oxidation sites excluding steroid dienone is 20. The molecule has 450 valence electrons. The van der Waals surface area contributed by atoms with E-state index in [1.165, 1.54) is 141 Å². The van der Waals surface area contributed by atoms with Gasteiger partial charge in [0, 0.05) is 19.3 Å². The first-order valence-corrected chi connectivity index (χ1v) is 33.0. The van der Waals surface area contributed by atoms with Crippen LogP contribution in [0.3, 0.4) is 0 Å². The fourth-order valence-corrected chi connectivity index (χ4v) is 8.98. The maximum absolute atomic E-state index is 12.9. The van der Waals surface area contributed by atoms with E-state index in [0.717, 1.165) is 116 Å². The third-order valence-electron chi connectivity index (χ3n) is 13.9. The molecule has 0 aromatic heterocycles. The molecule has 79 heavy (non-hydrogen) atoms. The van der Waals surface area contributed by atoms with Crippen LogP contribution in [0.5, 0.6) is 0 Å². The number of unbranched alkanes of at least 4 members (excludes halogenated alkanes) is 28. The largest absolute Gasteiger partial charge is 0.462 e. The van der Waals surface area contributed by atoms with Crippen LogP contribution in [0.2, 0.25) is 0 Å². The highest BCUT2D eigenvalue weighted by atomic mass is 16.6. The van der Waals surface area contributed by atoms with Gasteiger partial charge in [-0.3, -0.25) is 14.4 Å². The standard InChI is InChI=1S/C73H122O6/c1-4-7-10-13-16-19-22-25-28-30-32-34-35-36-37-39-40-42-45-48-51-54-57-60-63-66-72(75)78-69-70(68-77-71(74)65-62-59-56-53-50-47-44-27-24-21-18-15-12-9-6-3)79-73(76)67-64-61-58-55-52-49-46-43-41-38-33-31-29-26-23-20-17-14-11-8-5-2/h8,11,17,20,22,25-27,29-30,32-33,35-36,38,43-44,46,52,55,70H,4-7,9-10,12-16,18-19,21,23-24,28,31,34,37,39-42,45,47-51,53-54,56-69H2,1-3H3/b11-8-,20-17-,25-22-,29-26-,32-30-,36-35-,38-33-,44-27-,46-43-,55-52-. The maximum atomic E-state index is 12.9. The van der Waals surface area contributed by atoms with Crippen LogP contribution in [0, 0.1) is 0 Å². The highest BCUT2D eigenvalue weighted by molar-refractivity contribution is 5.71. The summed E-state index contributed by atoms with van der Waals surface area (Å²) in [5.41, 5.74) is 0. The highest BCUT2D eigenvalue weighted by Crippen LogP contribution is 2.15. The lowest BCUT2D eigenvalue weighted by Crippen LogP contribution is -2.30. The minimum absolute atomic E-state index is 0.102. The Hall–Kier alpha value is -4.19. The third-order valence-corrected chi connectivity index (χ3v) is 13.9. The van der Waals surface area contributed by atoms with Gasteiger partial charge in [-0.1, -0.05) is 271 Å². The summed E-state index contributed by atoms with van der Waals surface area (Å²) in [6, 6.07) is 0. The van der Waals surface area contributed by atoms with Crippen molar-refractivity contribution in [1.29, 1.82) is 0 Å². The molecule has 0 aliphatic carbocycles. The highest BCUT2D eigenvalue weighted by Gasteiger charge is 2.19. The Balaban J connectivity index is 4.44. The molecule has 0 bridgehead atoms. The van der Waals surface area contributed by atoms with E-state index >= 15 is 0 Å². The van der Waals surface area contributed by atoms with Crippen LogP contribution >= 0.6 is 0 Å². The second-order valence-electron chi connectivity index (χ2n) is 21.6. The minimum Gasteiger partial charge on any atom is -0.462 e. The second-order valence-corrected chi connectivity index (χ2v) is 21.6. The summed E-state index contributed by atoms with van der Waals surface area (Å²) in [6.07, 6.45) is 92.0. The number of hydrogen-bond donors (Lipinski definition) is 0. The van der Waals surface area contributed by atoms with Crippen molar-refractivity contribution in [2.24, 2.45) is 0 Å².